The minimum atomic E-state index is -0.0961. The summed E-state index contributed by atoms with van der Waals surface area (Å²) < 4.78 is 0. The summed E-state index contributed by atoms with van der Waals surface area (Å²) in [5.74, 6) is 0. The lowest BCUT2D eigenvalue weighted by Gasteiger charge is -2.01. The minimum Gasteiger partial charge on any atom is -0.412 e. The SMILES string of the molecule is O.O=c1cc[nH]c2c1ccc1[nH]ccc(=O)c12. The van der Waals surface area contributed by atoms with Crippen molar-refractivity contribution >= 4 is 21.8 Å². The highest BCUT2D eigenvalue weighted by atomic mass is 16.1. The Morgan fingerprint density at radius 1 is 0.824 bits per heavy atom. The molecule has 0 amide bonds. The molecule has 5 heteroatoms. The minimum absolute atomic E-state index is 0. The Hall–Kier alpha value is -2.40. The highest BCUT2D eigenvalue weighted by Gasteiger charge is 2.05. The van der Waals surface area contributed by atoms with E-state index in [9.17, 15) is 9.59 Å². The van der Waals surface area contributed by atoms with Crippen molar-refractivity contribution < 1.29 is 5.48 Å². The smallest absolute Gasteiger partial charge is 0.191 e. The number of pyridine rings is 2. The number of benzene rings is 1. The van der Waals surface area contributed by atoms with Crippen LogP contribution >= 0.6 is 0 Å². The van der Waals surface area contributed by atoms with Crippen molar-refractivity contribution in [1.82, 2.24) is 9.97 Å². The van der Waals surface area contributed by atoms with Crippen LogP contribution in [-0.2, 0) is 0 Å². The number of fused-ring (bicyclic) bond motifs is 3. The summed E-state index contributed by atoms with van der Waals surface area (Å²) in [4.78, 5) is 29.3. The zero-order valence-corrected chi connectivity index (χ0v) is 8.78. The summed E-state index contributed by atoms with van der Waals surface area (Å²) in [5.41, 5.74) is 1.13. The predicted octanol–water partition coefficient (Wildman–Crippen LogP) is 0.545. The third-order valence-corrected chi connectivity index (χ3v) is 2.65. The van der Waals surface area contributed by atoms with E-state index >= 15 is 0 Å². The number of H-pyrrole nitrogens is 2. The highest BCUT2D eigenvalue weighted by Crippen LogP contribution is 2.15. The van der Waals surface area contributed by atoms with Crippen molar-refractivity contribution in [3.05, 3.63) is 57.1 Å². The normalized spacial score (nSPS) is 10.4. The molecular weight excluding hydrogens is 220 g/mol. The van der Waals surface area contributed by atoms with Crippen LogP contribution in [0.4, 0.5) is 0 Å². The Kier molecular flexibility index (Phi) is 2.53. The molecule has 2 heterocycles. The lowest BCUT2D eigenvalue weighted by Crippen LogP contribution is -2.06. The van der Waals surface area contributed by atoms with Gasteiger partial charge in [0.05, 0.1) is 16.4 Å². The molecule has 3 aromatic rings. The molecule has 0 aliphatic carbocycles. The van der Waals surface area contributed by atoms with E-state index in [0.29, 0.717) is 16.3 Å². The first-order chi connectivity index (χ1) is 7.77. The van der Waals surface area contributed by atoms with Gasteiger partial charge in [0.1, 0.15) is 0 Å². The van der Waals surface area contributed by atoms with Crippen LogP contribution in [0.2, 0.25) is 0 Å². The van der Waals surface area contributed by atoms with Gasteiger partial charge in [-0.3, -0.25) is 9.59 Å². The maximum absolute atomic E-state index is 11.8. The highest BCUT2D eigenvalue weighted by molar-refractivity contribution is 6.03. The fourth-order valence-electron chi connectivity index (χ4n) is 1.92. The van der Waals surface area contributed by atoms with Gasteiger partial charge < -0.3 is 15.4 Å². The summed E-state index contributed by atoms with van der Waals surface area (Å²) in [6, 6.07) is 6.36. The van der Waals surface area contributed by atoms with Crippen LogP contribution in [0.1, 0.15) is 0 Å². The van der Waals surface area contributed by atoms with Gasteiger partial charge in [0.15, 0.2) is 10.9 Å². The van der Waals surface area contributed by atoms with E-state index in [0.717, 1.165) is 5.52 Å². The van der Waals surface area contributed by atoms with Crippen molar-refractivity contribution in [2.24, 2.45) is 0 Å². The Labute approximate surface area is 95.0 Å². The van der Waals surface area contributed by atoms with E-state index in [1.54, 1.807) is 24.5 Å². The molecule has 0 saturated carbocycles. The van der Waals surface area contributed by atoms with Gasteiger partial charge in [-0.05, 0) is 12.1 Å². The van der Waals surface area contributed by atoms with Gasteiger partial charge in [0, 0.05) is 29.9 Å². The Bertz CT molecular complexity index is 802. The van der Waals surface area contributed by atoms with E-state index in [-0.39, 0.29) is 16.3 Å². The third-order valence-electron chi connectivity index (χ3n) is 2.65. The summed E-state index contributed by atoms with van der Waals surface area (Å²) in [6.45, 7) is 0. The molecule has 5 nitrogen and oxygen atoms in total. The van der Waals surface area contributed by atoms with E-state index in [1.165, 1.54) is 12.1 Å². The van der Waals surface area contributed by atoms with Crippen molar-refractivity contribution in [2.75, 3.05) is 0 Å². The largest absolute Gasteiger partial charge is 0.412 e. The standard InChI is InChI=1S/C12H8N2O2.H2O/c15-9-3-6-14-12-7(9)1-2-8-11(12)10(16)4-5-13-8;/h1-6H,(H,13,16)(H,14,15);1H2. The van der Waals surface area contributed by atoms with Crippen molar-refractivity contribution in [2.45, 2.75) is 0 Å². The van der Waals surface area contributed by atoms with Crippen LogP contribution in [0.15, 0.2) is 46.2 Å². The third kappa shape index (κ3) is 1.53. The topological polar surface area (TPSA) is 97.2 Å². The molecule has 0 atom stereocenters. The first kappa shape index (κ1) is 11.1. The summed E-state index contributed by atoms with van der Waals surface area (Å²) >= 11 is 0. The quantitative estimate of drug-likeness (QED) is 0.551. The monoisotopic (exact) mass is 230 g/mol. The van der Waals surface area contributed by atoms with Crippen LogP contribution in [0.3, 0.4) is 0 Å². The average molecular weight is 230 g/mol. The number of hydrogen-bond acceptors (Lipinski definition) is 2. The zero-order chi connectivity index (χ0) is 11.1. The van der Waals surface area contributed by atoms with Gasteiger partial charge in [-0.25, -0.2) is 0 Å². The second kappa shape index (κ2) is 3.88. The summed E-state index contributed by atoms with van der Waals surface area (Å²) in [7, 11) is 0. The Morgan fingerprint density at radius 2 is 1.53 bits per heavy atom. The van der Waals surface area contributed by atoms with E-state index in [4.69, 9.17) is 0 Å². The molecule has 4 N–H and O–H groups in total. The fourth-order valence-corrected chi connectivity index (χ4v) is 1.92. The van der Waals surface area contributed by atoms with Crippen LogP contribution in [-0.4, -0.2) is 15.4 Å². The molecule has 0 unspecified atom stereocenters. The molecular formula is C12H10N2O3. The van der Waals surface area contributed by atoms with E-state index in [1.807, 2.05) is 0 Å². The Balaban J connectivity index is 0.00000108. The van der Waals surface area contributed by atoms with Gasteiger partial charge >= 0.3 is 0 Å². The molecule has 0 aliphatic heterocycles. The van der Waals surface area contributed by atoms with E-state index < -0.39 is 0 Å². The van der Waals surface area contributed by atoms with Crippen LogP contribution in [0, 0.1) is 0 Å². The number of rotatable bonds is 0. The average Bonchev–Trinajstić information content (AvgIpc) is 2.29. The maximum atomic E-state index is 11.8. The lowest BCUT2D eigenvalue weighted by molar-refractivity contribution is 0.824. The molecule has 86 valence electrons. The second-order valence-corrected chi connectivity index (χ2v) is 3.59. The lowest BCUT2D eigenvalue weighted by atomic mass is 10.1. The molecule has 17 heavy (non-hydrogen) atoms. The van der Waals surface area contributed by atoms with Gasteiger partial charge in [0.25, 0.3) is 0 Å². The van der Waals surface area contributed by atoms with Crippen molar-refractivity contribution in [1.29, 1.82) is 0 Å². The Morgan fingerprint density at radius 3 is 2.35 bits per heavy atom. The van der Waals surface area contributed by atoms with Gasteiger partial charge in [-0.1, -0.05) is 0 Å². The van der Waals surface area contributed by atoms with Crippen molar-refractivity contribution in [3.8, 4) is 0 Å². The van der Waals surface area contributed by atoms with Gasteiger partial charge in [-0.15, -0.1) is 0 Å². The van der Waals surface area contributed by atoms with Crippen molar-refractivity contribution in [3.63, 3.8) is 0 Å². The zero-order valence-electron chi connectivity index (χ0n) is 8.78. The van der Waals surface area contributed by atoms with Crippen LogP contribution in [0.5, 0.6) is 0 Å². The summed E-state index contributed by atoms with van der Waals surface area (Å²) in [6.07, 6.45) is 3.15. The molecule has 0 fully saturated rings. The molecule has 0 radical (unpaired) electrons. The first-order valence-corrected chi connectivity index (χ1v) is 4.89. The molecule has 2 aromatic heterocycles. The fraction of sp³-hybridized carbons (Fsp3) is 0. The summed E-state index contributed by atoms with van der Waals surface area (Å²) in [5, 5.41) is 1.06. The number of hydrogen-bond donors (Lipinski definition) is 2. The maximum Gasteiger partial charge on any atom is 0.191 e. The van der Waals surface area contributed by atoms with Gasteiger partial charge in [-0.2, -0.15) is 0 Å². The number of nitrogens with one attached hydrogen (secondary N) is 2. The predicted molar refractivity (Wildman–Crippen MR) is 66.3 cm³/mol. The number of aromatic nitrogens is 2. The molecule has 0 saturated heterocycles. The second-order valence-electron chi connectivity index (χ2n) is 3.59. The molecule has 3 rings (SSSR count). The van der Waals surface area contributed by atoms with Gasteiger partial charge in [0.2, 0.25) is 0 Å². The van der Waals surface area contributed by atoms with E-state index in [2.05, 4.69) is 9.97 Å². The van der Waals surface area contributed by atoms with Crippen LogP contribution < -0.4 is 10.9 Å². The number of aromatic amines is 2. The molecule has 0 spiro atoms. The molecule has 0 aliphatic rings. The molecule has 0 bridgehead atoms. The van der Waals surface area contributed by atoms with Crippen LogP contribution in [0.25, 0.3) is 21.8 Å². The molecule has 1 aromatic carbocycles. The first-order valence-electron chi connectivity index (χ1n) is 4.89.